The van der Waals surface area contributed by atoms with Gasteiger partial charge in [0.2, 0.25) is 5.91 Å². The number of esters is 1. The molecule has 2 aromatic rings. The fourth-order valence-electron chi connectivity index (χ4n) is 2.21. The van der Waals surface area contributed by atoms with Gasteiger partial charge >= 0.3 is 5.97 Å². The van der Waals surface area contributed by atoms with Crippen molar-refractivity contribution in [2.24, 2.45) is 5.92 Å². The number of carbonyl (C=O) groups excluding carboxylic acids is 2. The van der Waals surface area contributed by atoms with Crippen LogP contribution in [0.4, 0.5) is 0 Å². The molecule has 0 unspecified atom stereocenters. The third-order valence-corrected chi connectivity index (χ3v) is 4.34. The number of ether oxygens (including phenoxy) is 1. The molecule has 8 heteroatoms. The van der Waals surface area contributed by atoms with Crippen LogP contribution in [0.2, 0.25) is 0 Å². The summed E-state index contributed by atoms with van der Waals surface area (Å²) in [7, 11) is 1.26. The van der Waals surface area contributed by atoms with Crippen molar-refractivity contribution in [1.82, 2.24) is 14.9 Å². The highest BCUT2D eigenvalue weighted by atomic mass is 32.2. The number of nitrogens with one attached hydrogen (secondary N) is 1. The summed E-state index contributed by atoms with van der Waals surface area (Å²) < 4.78 is 6.07. The molecule has 1 amide bonds. The van der Waals surface area contributed by atoms with Gasteiger partial charge in [-0.25, -0.2) is 4.98 Å². The second-order valence-electron chi connectivity index (χ2n) is 5.86. The zero-order chi connectivity index (χ0) is 18.4. The lowest BCUT2D eigenvalue weighted by Gasteiger charge is -2.14. The first kappa shape index (κ1) is 19.0. The number of thioether (sulfide) groups is 1. The first-order chi connectivity index (χ1) is 11.9. The molecule has 0 aliphatic carbocycles. The molecule has 0 fully saturated rings. The van der Waals surface area contributed by atoms with Crippen molar-refractivity contribution in [2.45, 2.75) is 25.5 Å². The number of rotatable bonds is 7. The van der Waals surface area contributed by atoms with Crippen LogP contribution < -0.4 is 10.9 Å². The zero-order valence-electron chi connectivity index (χ0n) is 14.4. The number of hydrogen-bond acceptors (Lipinski definition) is 6. The lowest BCUT2D eigenvalue weighted by Crippen LogP contribution is -2.32. The summed E-state index contributed by atoms with van der Waals surface area (Å²) in [5.41, 5.74) is 0.488. The molecule has 0 saturated carbocycles. The van der Waals surface area contributed by atoms with Crippen molar-refractivity contribution < 1.29 is 14.3 Å². The van der Waals surface area contributed by atoms with E-state index in [1.54, 1.807) is 22.8 Å². The Bertz CT molecular complexity index is 832. The van der Waals surface area contributed by atoms with E-state index in [4.69, 9.17) is 0 Å². The number of methoxy groups -OCH3 is 1. The van der Waals surface area contributed by atoms with Gasteiger partial charge in [0.15, 0.2) is 5.16 Å². The topological polar surface area (TPSA) is 90.3 Å². The molecular formula is C17H21N3O4S. The average Bonchev–Trinajstić information content (AvgIpc) is 2.60. The summed E-state index contributed by atoms with van der Waals surface area (Å²) in [6, 6.07) is 7.15. The first-order valence-electron chi connectivity index (χ1n) is 7.88. The van der Waals surface area contributed by atoms with Gasteiger partial charge in [-0.15, -0.1) is 0 Å². The highest BCUT2D eigenvalue weighted by Gasteiger charge is 2.14. The van der Waals surface area contributed by atoms with Crippen LogP contribution in [-0.2, 0) is 20.9 Å². The van der Waals surface area contributed by atoms with Gasteiger partial charge < -0.3 is 10.1 Å². The maximum Gasteiger partial charge on any atom is 0.325 e. The van der Waals surface area contributed by atoms with E-state index in [2.05, 4.69) is 15.0 Å². The predicted molar refractivity (Wildman–Crippen MR) is 96.6 cm³/mol. The Labute approximate surface area is 149 Å². The predicted octanol–water partition coefficient (Wildman–Crippen LogP) is 1.43. The Balaban J connectivity index is 2.22. The average molecular weight is 363 g/mol. The Hall–Kier alpha value is -2.35. The summed E-state index contributed by atoms with van der Waals surface area (Å²) in [5, 5.41) is 3.52. The minimum atomic E-state index is -0.515. The number of hydrogen-bond donors (Lipinski definition) is 1. The Morgan fingerprint density at radius 2 is 2.04 bits per heavy atom. The van der Waals surface area contributed by atoms with Crippen LogP contribution in [-0.4, -0.2) is 40.8 Å². The van der Waals surface area contributed by atoms with Gasteiger partial charge in [0.1, 0.15) is 6.54 Å². The van der Waals surface area contributed by atoms with Gasteiger partial charge in [-0.3, -0.25) is 19.0 Å². The quantitative estimate of drug-likeness (QED) is 0.455. The van der Waals surface area contributed by atoms with E-state index in [1.165, 1.54) is 18.9 Å². The van der Waals surface area contributed by atoms with Gasteiger partial charge in [0.05, 0.1) is 23.8 Å². The molecule has 1 N–H and O–H groups in total. The lowest BCUT2D eigenvalue weighted by molar-refractivity contribution is -0.140. The number of aromatic nitrogens is 2. The Kier molecular flexibility index (Phi) is 6.58. The van der Waals surface area contributed by atoms with Crippen molar-refractivity contribution in [3.05, 3.63) is 34.6 Å². The number of nitrogens with zero attached hydrogens (tertiary/aromatic N) is 2. The highest BCUT2D eigenvalue weighted by molar-refractivity contribution is 7.99. The molecule has 2 rings (SSSR count). The van der Waals surface area contributed by atoms with Gasteiger partial charge in [-0.1, -0.05) is 37.7 Å². The zero-order valence-corrected chi connectivity index (χ0v) is 15.3. The standard InChI is InChI=1S/C17H21N3O4S/c1-11(2)9-20-16(23)12-6-4-5-7-13(12)19-17(20)25-10-14(21)18-8-15(22)24-3/h4-7,11H,8-10H2,1-3H3,(H,18,21). The van der Waals surface area contributed by atoms with Crippen LogP contribution in [0, 0.1) is 5.92 Å². The van der Waals surface area contributed by atoms with E-state index in [1.807, 2.05) is 19.9 Å². The van der Waals surface area contributed by atoms with Gasteiger partial charge in [-0.2, -0.15) is 0 Å². The van der Waals surface area contributed by atoms with Crippen molar-refractivity contribution in [1.29, 1.82) is 0 Å². The maximum absolute atomic E-state index is 12.7. The molecule has 134 valence electrons. The summed E-state index contributed by atoms with van der Waals surface area (Å²) in [6.07, 6.45) is 0. The van der Waals surface area contributed by atoms with E-state index >= 15 is 0 Å². The fourth-order valence-corrected chi connectivity index (χ4v) is 3.05. The van der Waals surface area contributed by atoms with E-state index in [0.29, 0.717) is 22.6 Å². The number of amides is 1. The van der Waals surface area contributed by atoms with Crippen LogP contribution >= 0.6 is 11.8 Å². The van der Waals surface area contributed by atoms with Crippen LogP contribution in [0.3, 0.4) is 0 Å². The lowest BCUT2D eigenvalue weighted by atomic mass is 10.2. The van der Waals surface area contributed by atoms with Crippen LogP contribution in [0.1, 0.15) is 13.8 Å². The minimum absolute atomic E-state index is 0.0554. The molecule has 0 bridgehead atoms. The van der Waals surface area contributed by atoms with Gasteiger partial charge in [-0.05, 0) is 18.1 Å². The first-order valence-corrected chi connectivity index (χ1v) is 8.86. The SMILES string of the molecule is COC(=O)CNC(=O)CSc1nc2ccccc2c(=O)n1CC(C)C. The summed E-state index contributed by atoms with van der Waals surface area (Å²) in [6.45, 7) is 4.36. The number of para-hydroxylation sites is 1. The summed E-state index contributed by atoms with van der Waals surface area (Å²) >= 11 is 1.17. The molecule has 1 aromatic carbocycles. The molecule has 1 heterocycles. The summed E-state index contributed by atoms with van der Waals surface area (Å²) in [5.74, 6) is -0.527. The molecular weight excluding hydrogens is 342 g/mol. The smallest absolute Gasteiger partial charge is 0.325 e. The van der Waals surface area contributed by atoms with E-state index in [-0.39, 0.29) is 29.7 Å². The van der Waals surface area contributed by atoms with Crippen molar-refractivity contribution in [3.8, 4) is 0 Å². The second-order valence-corrected chi connectivity index (χ2v) is 6.81. The monoisotopic (exact) mass is 363 g/mol. The Morgan fingerprint density at radius 1 is 1.32 bits per heavy atom. The van der Waals surface area contributed by atoms with Crippen molar-refractivity contribution in [2.75, 3.05) is 19.4 Å². The molecule has 0 atom stereocenters. The molecule has 0 aliphatic rings. The molecule has 1 aromatic heterocycles. The highest BCUT2D eigenvalue weighted by Crippen LogP contribution is 2.18. The van der Waals surface area contributed by atoms with Crippen LogP contribution in [0.5, 0.6) is 0 Å². The van der Waals surface area contributed by atoms with E-state index < -0.39 is 5.97 Å². The Morgan fingerprint density at radius 3 is 2.72 bits per heavy atom. The molecule has 25 heavy (non-hydrogen) atoms. The normalized spacial score (nSPS) is 10.9. The van der Waals surface area contributed by atoms with Crippen molar-refractivity contribution in [3.63, 3.8) is 0 Å². The molecule has 0 spiro atoms. The van der Waals surface area contributed by atoms with E-state index in [9.17, 15) is 14.4 Å². The van der Waals surface area contributed by atoms with Gasteiger partial charge in [0.25, 0.3) is 5.56 Å². The summed E-state index contributed by atoms with van der Waals surface area (Å²) in [4.78, 5) is 40.2. The largest absolute Gasteiger partial charge is 0.468 e. The van der Waals surface area contributed by atoms with Crippen LogP contribution in [0.25, 0.3) is 10.9 Å². The minimum Gasteiger partial charge on any atom is -0.468 e. The molecule has 0 radical (unpaired) electrons. The molecule has 0 aliphatic heterocycles. The fraction of sp³-hybridized carbons (Fsp3) is 0.412. The third kappa shape index (κ3) is 5.06. The van der Waals surface area contributed by atoms with E-state index in [0.717, 1.165) is 0 Å². The number of benzene rings is 1. The molecule has 7 nitrogen and oxygen atoms in total. The van der Waals surface area contributed by atoms with Crippen LogP contribution in [0.15, 0.2) is 34.2 Å². The maximum atomic E-state index is 12.7. The number of fused-ring (bicyclic) bond motifs is 1. The number of carbonyl (C=O) groups is 2. The van der Waals surface area contributed by atoms with Gasteiger partial charge in [0, 0.05) is 6.54 Å². The third-order valence-electron chi connectivity index (χ3n) is 3.36. The molecule has 0 saturated heterocycles. The van der Waals surface area contributed by atoms with Crippen molar-refractivity contribution >= 4 is 34.5 Å². The second kappa shape index (κ2) is 8.66.